The van der Waals surface area contributed by atoms with E-state index in [4.69, 9.17) is 0 Å². The third-order valence-corrected chi connectivity index (χ3v) is 5.80. The minimum Gasteiger partial charge on any atom is -0.336 e. The molecule has 0 aliphatic heterocycles. The molecule has 0 atom stereocenters. The monoisotopic (exact) mass is 438 g/mol. The molecule has 31 heavy (non-hydrogen) atoms. The standard InChI is InChI=1S/C22H26N6O2S/c1-14-9-10-18(17(4)11-14)28-22(24-25-26-28)31-13-20(30)27(5)12-19(29)23-21-15(2)7-6-8-16(21)3/h6-11H,12-13H2,1-5H3,(H,23,29). The molecule has 1 N–H and O–H groups in total. The van der Waals surface area contributed by atoms with Crippen LogP contribution in [0, 0.1) is 27.7 Å². The van der Waals surface area contributed by atoms with E-state index in [9.17, 15) is 9.59 Å². The van der Waals surface area contributed by atoms with E-state index in [0.29, 0.717) is 5.16 Å². The molecule has 3 rings (SSSR count). The fourth-order valence-corrected chi connectivity index (χ4v) is 4.02. The van der Waals surface area contributed by atoms with Gasteiger partial charge in [0, 0.05) is 12.7 Å². The van der Waals surface area contributed by atoms with Gasteiger partial charge in [-0.2, -0.15) is 4.68 Å². The van der Waals surface area contributed by atoms with Crippen LogP contribution in [0.3, 0.4) is 0 Å². The summed E-state index contributed by atoms with van der Waals surface area (Å²) in [6, 6.07) is 11.8. The molecule has 1 heterocycles. The third-order valence-electron chi connectivity index (χ3n) is 4.90. The Labute approximate surface area is 186 Å². The average Bonchev–Trinajstić information content (AvgIpc) is 3.17. The summed E-state index contributed by atoms with van der Waals surface area (Å²) in [6.07, 6.45) is 0. The van der Waals surface area contributed by atoms with Crippen molar-refractivity contribution in [2.45, 2.75) is 32.9 Å². The molecule has 0 aliphatic rings. The molecule has 162 valence electrons. The summed E-state index contributed by atoms with van der Waals surface area (Å²) in [5, 5.41) is 15.3. The smallest absolute Gasteiger partial charge is 0.243 e. The highest BCUT2D eigenvalue weighted by Crippen LogP contribution is 2.22. The Morgan fingerprint density at radius 1 is 1.06 bits per heavy atom. The molecule has 8 nitrogen and oxygen atoms in total. The molecule has 0 saturated heterocycles. The van der Waals surface area contributed by atoms with Crippen molar-refractivity contribution in [2.75, 3.05) is 24.7 Å². The van der Waals surface area contributed by atoms with Crippen molar-refractivity contribution in [2.24, 2.45) is 0 Å². The maximum absolute atomic E-state index is 12.6. The number of nitrogens with zero attached hydrogens (tertiary/aromatic N) is 5. The van der Waals surface area contributed by atoms with Gasteiger partial charge in [-0.25, -0.2) is 0 Å². The minimum absolute atomic E-state index is 0.0326. The molecule has 0 radical (unpaired) electrons. The lowest BCUT2D eigenvalue weighted by molar-refractivity contribution is -0.131. The van der Waals surface area contributed by atoms with Gasteiger partial charge < -0.3 is 10.2 Å². The topological polar surface area (TPSA) is 93.0 Å². The number of aromatic nitrogens is 4. The van der Waals surface area contributed by atoms with Crippen molar-refractivity contribution in [3.05, 3.63) is 58.7 Å². The lowest BCUT2D eigenvalue weighted by atomic mass is 10.1. The molecular formula is C22H26N6O2S. The van der Waals surface area contributed by atoms with Gasteiger partial charge in [0.2, 0.25) is 17.0 Å². The number of likely N-dealkylation sites (N-methyl/N-ethyl adjacent to an activating group) is 1. The summed E-state index contributed by atoms with van der Waals surface area (Å²) in [5.74, 6) is -0.298. The summed E-state index contributed by atoms with van der Waals surface area (Å²) >= 11 is 1.24. The van der Waals surface area contributed by atoms with Gasteiger partial charge in [0.15, 0.2) is 0 Å². The predicted octanol–water partition coefficient (Wildman–Crippen LogP) is 3.09. The van der Waals surface area contributed by atoms with Crippen LogP contribution in [0.15, 0.2) is 41.6 Å². The lowest BCUT2D eigenvalue weighted by Crippen LogP contribution is -2.36. The first-order valence-electron chi connectivity index (χ1n) is 9.85. The highest BCUT2D eigenvalue weighted by molar-refractivity contribution is 7.99. The van der Waals surface area contributed by atoms with Crippen LogP contribution >= 0.6 is 11.8 Å². The molecule has 0 aliphatic carbocycles. The van der Waals surface area contributed by atoms with E-state index in [1.54, 1.807) is 11.7 Å². The number of thioether (sulfide) groups is 1. The Hall–Kier alpha value is -3.20. The normalized spacial score (nSPS) is 10.7. The van der Waals surface area contributed by atoms with E-state index in [2.05, 4.69) is 26.9 Å². The van der Waals surface area contributed by atoms with Gasteiger partial charge in [-0.15, -0.1) is 5.10 Å². The number of para-hydroxylation sites is 1. The largest absolute Gasteiger partial charge is 0.336 e. The molecule has 0 spiro atoms. The molecule has 2 amide bonds. The number of hydrogen-bond donors (Lipinski definition) is 1. The van der Waals surface area contributed by atoms with Crippen molar-refractivity contribution >= 4 is 29.3 Å². The zero-order valence-electron chi connectivity index (χ0n) is 18.3. The number of carbonyl (C=O) groups is 2. The zero-order valence-corrected chi connectivity index (χ0v) is 19.2. The molecule has 0 unspecified atom stereocenters. The number of tetrazole rings is 1. The lowest BCUT2D eigenvalue weighted by Gasteiger charge is -2.18. The van der Waals surface area contributed by atoms with Crippen LogP contribution in [-0.2, 0) is 9.59 Å². The average molecular weight is 439 g/mol. The molecule has 1 aromatic heterocycles. The second-order valence-corrected chi connectivity index (χ2v) is 8.46. The quantitative estimate of drug-likeness (QED) is 0.570. The van der Waals surface area contributed by atoms with Crippen LogP contribution in [0.1, 0.15) is 22.3 Å². The van der Waals surface area contributed by atoms with E-state index >= 15 is 0 Å². The molecule has 3 aromatic rings. The number of anilines is 1. The van der Waals surface area contributed by atoms with Crippen molar-refractivity contribution in [1.29, 1.82) is 0 Å². The summed E-state index contributed by atoms with van der Waals surface area (Å²) in [4.78, 5) is 26.4. The van der Waals surface area contributed by atoms with Crippen LogP contribution in [0.25, 0.3) is 5.69 Å². The fraction of sp³-hybridized carbons (Fsp3) is 0.318. The number of rotatable bonds is 7. The zero-order chi connectivity index (χ0) is 22.5. The van der Waals surface area contributed by atoms with Crippen LogP contribution < -0.4 is 5.32 Å². The maximum atomic E-state index is 12.6. The van der Waals surface area contributed by atoms with Crippen LogP contribution in [0.4, 0.5) is 5.69 Å². The van der Waals surface area contributed by atoms with Gasteiger partial charge in [-0.3, -0.25) is 9.59 Å². The van der Waals surface area contributed by atoms with Crippen LogP contribution in [0.2, 0.25) is 0 Å². The van der Waals surface area contributed by atoms with Gasteiger partial charge in [0.1, 0.15) is 0 Å². The van der Waals surface area contributed by atoms with Crippen molar-refractivity contribution < 1.29 is 9.59 Å². The van der Waals surface area contributed by atoms with Gasteiger partial charge >= 0.3 is 0 Å². The van der Waals surface area contributed by atoms with Crippen molar-refractivity contribution in [3.63, 3.8) is 0 Å². The Kier molecular flexibility index (Phi) is 7.06. The summed E-state index contributed by atoms with van der Waals surface area (Å²) in [7, 11) is 1.61. The first kappa shape index (κ1) is 22.5. The highest BCUT2D eigenvalue weighted by Gasteiger charge is 2.17. The fourth-order valence-electron chi connectivity index (χ4n) is 3.19. The van der Waals surface area contributed by atoms with Crippen LogP contribution in [-0.4, -0.2) is 56.3 Å². The molecule has 0 bridgehead atoms. The van der Waals surface area contributed by atoms with Gasteiger partial charge in [0.05, 0.1) is 18.0 Å². The van der Waals surface area contributed by atoms with E-state index in [-0.39, 0.29) is 24.1 Å². The second kappa shape index (κ2) is 9.74. The van der Waals surface area contributed by atoms with Gasteiger partial charge in [-0.05, 0) is 60.9 Å². The van der Waals surface area contributed by atoms with Gasteiger partial charge in [0.25, 0.3) is 0 Å². The summed E-state index contributed by atoms with van der Waals surface area (Å²) < 4.78 is 1.63. The number of carbonyl (C=O) groups excluding carboxylic acids is 2. The number of aryl methyl sites for hydroxylation is 4. The Morgan fingerprint density at radius 2 is 1.77 bits per heavy atom. The number of amides is 2. The molecule has 2 aromatic carbocycles. The first-order valence-corrected chi connectivity index (χ1v) is 10.8. The first-order chi connectivity index (χ1) is 14.8. The Morgan fingerprint density at radius 3 is 2.45 bits per heavy atom. The van der Waals surface area contributed by atoms with E-state index < -0.39 is 0 Å². The number of hydrogen-bond acceptors (Lipinski definition) is 6. The molecular weight excluding hydrogens is 412 g/mol. The van der Waals surface area contributed by atoms with Crippen molar-refractivity contribution in [1.82, 2.24) is 25.1 Å². The SMILES string of the molecule is Cc1ccc(-n2nnnc2SCC(=O)N(C)CC(=O)Nc2c(C)cccc2C)c(C)c1. The number of benzene rings is 2. The highest BCUT2D eigenvalue weighted by atomic mass is 32.2. The van der Waals surface area contributed by atoms with E-state index in [1.165, 1.54) is 16.7 Å². The molecule has 0 saturated carbocycles. The molecule has 0 fully saturated rings. The minimum atomic E-state index is -0.238. The summed E-state index contributed by atoms with van der Waals surface area (Å²) in [5.41, 5.74) is 5.81. The maximum Gasteiger partial charge on any atom is 0.243 e. The van der Waals surface area contributed by atoms with Crippen LogP contribution in [0.5, 0.6) is 0 Å². The predicted molar refractivity (Wildman–Crippen MR) is 122 cm³/mol. The Balaban J connectivity index is 1.59. The van der Waals surface area contributed by atoms with E-state index in [1.807, 2.05) is 58.0 Å². The second-order valence-electron chi connectivity index (χ2n) is 7.52. The number of nitrogens with one attached hydrogen (secondary N) is 1. The van der Waals surface area contributed by atoms with Crippen molar-refractivity contribution in [3.8, 4) is 5.69 Å². The summed E-state index contributed by atoms with van der Waals surface area (Å²) in [6.45, 7) is 7.86. The third kappa shape index (κ3) is 5.49. The molecule has 9 heteroatoms. The van der Waals surface area contributed by atoms with E-state index in [0.717, 1.165) is 33.6 Å². The Bertz CT molecular complexity index is 1090. The van der Waals surface area contributed by atoms with Gasteiger partial charge in [-0.1, -0.05) is 47.7 Å².